The molecule has 29 heavy (non-hydrogen) atoms. The summed E-state index contributed by atoms with van der Waals surface area (Å²) >= 11 is 0. The van der Waals surface area contributed by atoms with Crippen molar-refractivity contribution >= 4 is 29.1 Å². The van der Waals surface area contributed by atoms with Gasteiger partial charge in [0.25, 0.3) is 11.8 Å². The first-order chi connectivity index (χ1) is 13.9. The maximum atomic E-state index is 13.2. The van der Waals surface area contributed by atoms with Crippen molar-refractivity contribution in [1.29, 1.82) is 0 Å². The van der Waals surface area contributed by atoms with Crippen LogP contribution < -0.4 is 10.6 Å². The lowest BCUT2D eigenvalue weighted by Gasteiger charge is -2.19. The largest absolute Gasteiger partial charge is 0.459 e. The van der Waals surface area contributed by atoms with Gasteiger partial charge in [-0.2, -0.15) is 0 Å². The van der Waals surface area contributed by atoms with Crippen LogP contribution in [0, 0.1) is 5.82 Å². The Morgan fingerprint density at radius 1 is 1.00 bits per heavy atom. The second-order valence-corrected chi connectivity index (χ2v) is 6.20. The van der Waals surface area contributed by atoms with Crippen LogP contribution in [0.2, 0.25) is 0 Å². The summed E-state index contributed by atoms with van der Waals surface area (Å²) in [4.78, 5) is 38.4. The van der Waals surface area contributed by atoms with E-state index in [1.54, 1.807) is 36.4 Å². The third kappa shape index (κ3) is 5.07. The minimum Gasteiger partial charge on any atom is -0.459 e. The van der Waals surface area contributed by atoms with Crippen molar-refractivity contribution in [3.8, 4) is 0 Å². The number of rotatable bonds is 6. The molecule has 8 heteroatoms. The van der Waals surface area contributed by atoms with Crippen molar-refractivity contribution in [2.24, 2.45) is 0 Å². The highest BCUT2D eigenvalue weighted by molar-refractivity contribution is 6.08. The summed E-state index contributed by atoms with van der Waals surface area (Å²) < 4.78 is 18.3. The van der Waals surface area contributed by atoms with Gasteiger partial charge >= 0.3 is 0 Å². The van der Waals surface area contributed by atoms with E-state index in [2.05, 4.69) is 10.6 Å². The number of halogens is 1. The summed E-state index contributed by atoms with van der Waals surface area (Å²) in [6.07, 6.45) is 1.37. The molecule has 3 rings (SSSR count). The van der Waals surface area contributed by atoms with E-state index in [0.29, 0.717) is 5.69 Å². The Labute approximate surface area is 166 Å². The third-order valence-corrected chi connectivity index (χ3v) is 3.99. The third-order valence-electron chi connectivity index (χ3n) is 3.99. The van der Waals surface area contributed by atoms with Crippen LogP contribution in [0.15, 0.2) is 71.3 Å². The number of nitrogens with one attached hydrogen (secondary N) is 2. The molecule has 3 aromatic rings. The molecule has 0 aliphatic heterocycles. The van der Waals surface area contributed by atoms with Crippen LogP contribution in [0.5, 0.6) is 0 Å². The number of hydrogen-bond donors (Lipinski definition) is 2. The number of carbonyl (C=O) groups is 3. The number of para-hydroxylation sites is 1. The van der Waals surface area contributed by atoms with Gasteiger partial charge in [0, 0.05) is 12.7 Å². The molecule has 148 valence electrons. The van der Waals surface area contributed by atoms with Gasteiger partial charge < -0.3 is 20.0 Å². The Balaban J connectivity index is 1.67. The van der Waals surface area contributed by atoms with Crippen molar-refractivity contribution in [2.75, 3.05) is 24.2 Å². The quantitative estimate of drug-likeness (QED) is 0.669. The SMILES string of the molecule is CN(CC(=O)Nc1cccc(F)c1)C(=O)c1ccccc1NC(=O)c1ccco1. The van der Waals surface area contributed by atoms with Gasteiger partial charge in [0.1, 0.15) is 5.82 Å². The van der Waals surface area contributed by atoms with Crippen LogP contribution in [-0.2, 0) is 4.79 Å². The maximum Gasteiger partial charge on any atom is 0.291 e. The smallest absolute Gasteiger partial charge is 0.291 e. The Bertz CT molecular complexity index is 1030. The zero-order valence-corrected chi connectivity index (χ0v) is 15.5. The lowest BCUT2D eigenvalue weighted by molar-refractivity contribution is -0.116. The molecule has 3 amide bonds. The van der Waals surface area contributed by atoms with E-state index in [-0.39, 0.29) is 23.6 Å². The second-order valence-electron chi connectivity index (χ2n) is 6.20. The molecule has 2 aromatic carbocycles. The number of carbonyl (C=O) groups excluding carboxylic acids is 3. The fourth-order valence-electron chi connectivity index (χ4n) is 2.63. The molecule has 1 aromatic heterocycles. The van der Waals surface area contributed by atoms with Crippen molar-refractivity contribution in [3.05, 3.63) is 84.1 Å². The van der Waals surface area contributed by atoms with Crippen LogP contribution in [0.1, 0.15) is 20.9 Å². The molecule has 0 fully saturated rings. The monoisotopic (exact) mass is 395 g/mol. The Morgan fingerprint density at radius 3 is 2.52 bits per heavy atom. The predicted molar refractivity (Wildman–Crippen MR) is 105 cm³/mol. The molecule has 1 heterocycles. The molecule has 0 atom stereocenters. The van der Waals surface area contributed by atoms with E-state index in [4.69, 9.17) is 4.42 Å². The molecule has 2 N–H and O–H groups in total. The highest BCUT2D eigenvalue weighted by Crippen LogP contribution is 2.18. The van der Waals surface area contributed by atoms with Gasteiger partial charge in [-0.3, -0.25) is 14.4 Å². The summed E-state index contributed by atoms with van der Waals surface area (Å²) in [5.41, 5.74) is 0.798. The van der Waals surface area contributed by atoms with Gasteiger partial charge in [-0.05, 0) is 42.5 Å². The highest BCUT2D eigenvalue weighted by Gasteiger charge is 2.20. The van der Waals surface area contributed by atoms with E-state index < -0.39 is 23.5 Å². The fraction of sp³-hybridized carbons (Fsp3) is 0.0952. The molecule has 7 nitrogen and oxygen atoms in total. The van der Waals surface area contributed by atoms with Crippen molar-refractivity contribution in [2.45, 2.75) is 0 Å². The van der Waals surface area contributed by atoms with Crippen molar-refractivity contribution in [1.82, 2.24) is 4.90 Å². The zero-order chi connectivity index (χ0) is 20.8. The molecule has 0 radical (unpaired) electrons. The Hall–Kier alpha value is -3.94. The summed E-state index contributed by atoms with van der Waals surface area (Å²) in [6, 6.07) is 15.0. The van der Waals surface area contributed by atoms with Crippen LogP contribution in [0.3, 0.4) is 0 Å². The summed E-state index contributed by atoms with van der Waals surface area (Å²) in [5, 5.41) is 5.16. The summed E-state index contributed by atoms with van der Waals surface area (Å²) in [5.74, 6) is -1.82. The predicted octanol–water partition coefficient (Wildman–Crippen LogP) is 3.38. The molecule has 0 saturated heterocycles. The van der Waals surface area contributed by atoms with Gasteiger partial charge in [0.15, 0.2) is 5.76 Å². The number of hydrogen-bond acceptors (Lipinski definition) is 4. The molecular formula is C21H18FN3O4. The molecule has 0 spiro atoms. The van der Waals surface area contributed by atoms with Crippen LogP contribution in [0.25, 0.3) is 0 Å². The Kier molecular flexibility index (Phi) is 6.03. The maximum absolute atomic E-state index is 13.2. The second kappa shape index (κ2) is 8.83. The first-order valence-corrected chi connectivity index (χ1v) is 8.69. The number of nitrogens with zero attached hydrogens (tertiary/aromatic N) is 1. The van der Waals surface area contributed by atoms with Crippen molar-refractivity contribution < 1.29 is 23.2 Å². The first kappa shape index (κ1) is 19.8. The molecule has 0 bridgehead atoms. The number of amides is 3. The fourth-order valence-corrected chi connectivity index (χ4v) is 2.63. The minimum absolute atomic E-state index is 0.107. The van der Waals surface area contributed by atoms with Crippen LogP contribution in [-0.4, -0.2) is 36.2 Å². The van der Waals surface area contributed by atoms with E-state index in [1.807, 2.05) is 0 Å². The average molecular weight is 395 g/mol. The lowest BCUT2D eigenvalue weighted by atomic mass is 10.1. The number of furan rings is 1. The summed E-state index contributed by atoms with van der Waals surface area (Å²) in [6.45, 7) is -0.254. The normalized spacial score (nSPS) is 10.3. The molecule has 0 unspecified atom stereocenters. The van der Waals surface area contributed by atoms with Crippen molar-refractivity contribution in [3.63, 3.8) is 0 Å². The van der Waals surface area contributed by atoms with Gasteiger partial charge in [0.2, 0.25) is 5.91 Å². The number of likely N-dealkylation sites (N-methyl/N-ethyl adjacent to an activating group) is 1. The standard InChI is InChI=1S/C21H18FN3O4/c1-25(13-19(26)23-15-7-4-6-14(22)12-15)21(28)16-8-2-3-9-17(16)24-20(27)18-10-5-11-29-18/h2-12H,13H2,1H3,(H,23,26)(H,24,27). The van der Waals surface area contributed by atoms with E-state index in [1.165, 1.54) is 42.5 Å². The lowest BCUT2D eigenvalue weighted by Crippen LogP contribution is -2.35. The van der Waals surface area contributed by atoms with Crippen LogP contribution in [0.4, 0.5) is 15.8 Å². The zero-order valence-electron chi connectivity index (χ0n) is 15.5. The molecular weight excluding hydrogens is 377 g/mol. The highest BCUT2D eigenvalue weighted by atomic mass is 19.1. The average Bonchev–Trinajstić information content (AvgIpc) is 3.22. The van der Waals surface area contributed by atoms with Gasteiger partial charge in [-0.1, -0.05) is 18.2 Å². The van der Waals surface area contributed by atoms with E-state index in [0.717, 1.165) is 0 Å². The summed E-state index contributed by atoms with van der Waals surface area (Å²) in [7, 11) is 1.46. The number of anilines is 2. The van der Waals surface area contributed by atoms with E-state index >= 15 is 0 Å². The minimum atomic E-state index is -0.498. The van der Waals surface area contributed by atoms with Gasteiger partial charge in [-0.15, -0.1) is 0 Å². The van der Waals surface area contributed by atoms with Gasteiger partial charge in [0.05, 0.1) is 24.1 Å². The molecule has 0 aliphatic carbocycles. The number of benzene rings is 2. The van der Waals surface area contributed by atoms with Gasteiger partial charge in [-0.25, -0.2) is 4.39 Å². The molecule has 0 saturated carbocycles. The molecule has 0 aliphatic rings. The first-order valence-electron chi connectivity index (χ1n) is 8.69. The van der Waals surface area contributed by atoms with Crippen LogP contribution >= 0.6 is 0 Å². The topological polar surface area (TPSA) is 91.7 Å². The van der Waals surface area contributed by atoms with E-state index in [9.17, 15) is 18.8 Å². The Morgan fingerprint density at radius 2 is 1.79 bits per heavy atom.